The molecule has 0 bridgehead atoms. The maximum Gasteiger partial charge on any atom is 0.308 e. The van der Waals surface area contributed by atoms with E-state index >= 15 is 0 Å². The van der Waals surface area contributed by atoms with Crippen LogP contribution in [0, 0.1) is 0 Å². The van der Waals surface area contributed by atoms with Crippen molar-refractivity contribution >= 4 is 11.9 Å². The summed E-state index contributed by atoms with van der Waals surface area (Å²) in [5.74, 6) is -0.447. The zero-order chi connectivity index (χ0) is 17.6. The number of ether oxygens (including phenoxy) is 2. The summed E-state index contributed by atoms with van der Waals surface area (Å²) in [6, 6.07) is 3.92. The molecule has 2 rings (SSSR count). The molecule has 1 aromatic rings. The third kappa shape index (κ3) is 3.93. The molecule has 1 heterocycles. The first kappa shape index (κ1) is 18.4. The highest BCUT2D eigenvalue weighted by atomic mass is 16.5. The van der Waals surface area contributed by atoms with Crippen molar-refractivity contribution < 1.29 is 19.1 Å². The quantitative estimate of drug-likeness (QED) is 0.678. The van der Waals surface area contributed by atoms with Gasteiger partial charge in [0.05, 0.1) is 31.6 Å². The van der Waals surface area contributed by atoms with Gasteiger partial charge in [0.2, 0.25) is 0 Å². The highest BCUT2D eigenvalue weighted by Gasteiger charge is 2.44. The van der Waals surface area contributed by atoms with Crippen LogP contribution in [0.15, 0.2) is 18.3 Å². The zero-order valence-corrected chi connectivity index (χ0v) is 14.7. The molecule has 1 aliphatic rings. The molecule has 0 amide bonds. The van der Waals surface area contributed by atoms with Crippen molar-refractivity contribution in [1.29, 1.82) is 0 Å². The molecule has 0 aliphatic heterocycles. The predicted molar refractivity (Wildman–Crippen MR) is 89.4 cm³/mol. The summed E-state index contributed by atoms with van der Waals surface area (Å²) in [7, 11) is 1.94. The van der Waals surface area contributed by atoms with Gasteiger partial charge in [-0.1, -0.05) is 6.07 Å². The normalized spacial score (nSPS) is 19.2. The van der Waals surface area contributed by atoms with Crippen LogP contribution in [0.3, 0.4) is 0 Å². The molecule has 1 atom stereocenters. The lowest BCUT2D eigenvalue weighted by Gasteiger charge is -2.39. The van der Waals surface area contributed by atoms with Gasteiger partial charge in [0.1, 0.15) is 0 Å². The molecule has 1 aliphatic carbocycles. The summed E-state index contributed by atoms with van der Waals surface area (Å²) in [4.78, 5) is 30.4. The van der Waals surface area contributed by atoms with E-state index in [2.05, 4.69) is 9.88 Å². The summed E-state index contributed by atoms with van der Waals surface area (Å²) < 4.78 is 10.2. The van der Waals surface area contributed by atoms with Gasteiger partial charge in [0.15, 0.2) is 0 Å². The monoisotopic (exact) mass is 334 g/mol. The van der Waals surface area contributed by atoms with Gasteiger partial charge in [-0.15, -0.1) is 0 Å². The molecule has 0 saturated heterocycles. The largest absolute Gasteiger partial charge is 0.466 e. The highest BCUT2D eigenvalue weighted by molar-refractivity contribution is 5.72. The SMILES string of the molecule is CCOC(=O)CCN(C)C1(CC(=O)OCC)CCc2ncccc21. The molecule has 1 unspecified atom stereocenters. The Morgan fingerprint density at radius 2 is 1.96 bits per heavy atom. The smallest absolute Gasteiger partial charge is 0.308 e. The van der Waals surface area contributed by atoms with Crippen LogP contribution in [-0.4, -0.2) is 48.6 Å². The summed E-state index contributed by atoms with van der Waals surface area (Å²) in [6.45, 7) is 4.86. The molecular formula is C18H26N2O4. The number of aromatic nitrogens is 1. The molecule has 0 spiro atoms. The zero-order valence-electron chi connectivity index (χ0n) is 14.7. The number of carbonyl (C=O) groups is 2. The van der Waals surface area contributed by atoms with Crippen molar-refractivity contribution in [2.45, 2.75) is 45.1 Å². The molecule has 0 N–H and O–H groups in total. The van der Waals surface area contributed by atoms with Crippen molar-refractivity contribution in [2.24, 2.45) is 0 Å². The van der Waals surface area contributed by atoms with Crippen LogP contribution in [-0.2, 0) is 31.0 Å². The standard InChI is InChI=1S/C18H26N2O4/c1-4-23-16(21)9-12-20(3)18(13-17(22)24-5-2)10-8-15-14(18)7-6-11-19-15/h6-7,11H,4-5,8-10,12-13H2,1-3H3. The van der Waals surface area contributed by atoms with Crippen LogP contribution in [0.5, 0.6) is 0 Å². The lowest BCUT2D eigenvalue weighted by Crippen LogP contribution is -2.45. The fourth-order valence-corrected chi connectivity index (χ4v) is 3.39. The number of pyridine rings is 1. The first-order chi connectivity index (χ1) is 11.5. The van der Waals surface area contributed by atoms with E-state index in [4.69, 9.17) is 9.47 Å². The number of esters is 2. The Bertz CT molecular complexity index is 590. The minimum Gasteiger partial charge on any atom is -0.466 e. The average molecular weight is 334 g/mol. The summed E-state index contributed by atoms with van der Waals surface area (Å²) >= 11 is 0. The minimum absolute atomic E-state index is 0.222. The van der Waals surface area contributed by atoms with Crippen molar-refractivity contribution in [1.82, 2.24) is 9.88 Å². The molecule has 0 aromatic carbocycles. The Morgan fingerprint density at radius 1 is 1.25 bits per heavy atom. The van der Waals surface area contributed by atoms with Crippen LogP contribution in [0.4, 0.5) is 0 Å². The maximum absolute atomic E-state index is 12.2. The molecule has 132 valence electrons. The summed E-state index contributed by atoms with van der Waals surface area (Å²) in [5.41, 5.74) is 1.61. The van der Waals surface area contributed by atoms with Crippen molar-refractivity contribution in [3.05, 3.63) is 29.6 Å². The molecule has 6 nitrogen and oxygen atoms in total. The number of rotatable bonds is 8. The fraction of sp³-hybridized carbons (Fsp3) is 0.611. The molecule has 0 radical (unpaired) electrons. The predicted octanol–water partition coefficient (Wildman–Crippen LogP) is 2.06. The van der Waals surface area contributed by atoms with Gasteiger partial charge >= 0.3 is 11.9 Å². The van der Waals surface area contributed by atoms with Gasteiger partial charge in [0, 0.05) is 18.4 Å². The second-order valence-corrected chi connectivity index (χ2v) is 5.99. The van der Waals surface area contributed by atoms with E-state index in [9.17, 15) is 9.59 Å². The lowest BCUT2D eigenvalue weighted by molar-refractivity contribution is -0.147. The van der Waals surface area contributed by atoms with Gasteiger partial charge in [-0.25, -0.2) is 0 Å². The Labute approximate surface area is 143 Å². The van der Waals surface area contributed by atoms with Crippen molar-refractivity contribution in [2.75, 3.05) is 26.8 Å². The number of nitrogens with zero attached hydrogens (tertiary/aromatic N) is 2. The number of carbonyl (C=O) groups excluding carboxylic acids is 2. The second kappa shape index (κ2) is 8.24. The van der Waals surface area contributed by atoms with Crippen molar-refractivity contribution in [3.63, 3.8) is 0 Å². The molecular weight excluding hydrogens is 308 g/mol. The van der Waals surface area contributed by atoms with E-state index in [0.717, 1.165) is 24.1 Å². The Kier molecular flexibility index (Phi) is 6.31. The van der Waals surface area contributed by atoms with E-state index in [1.54, 1.807) is 20.0 Å². The first-order valence-corrected chi connectivity index (χ1v) is 8.50. The average Bonchev–Trinajstić information content (AvgIpc) is 2.93. The van der Waals surface area contributed by atoms with Crippen LogP contribution in [0.2, 0.25) is 0 Å². The van der Waals surface area contributed by atoms with E-state index in [1.165, 1.54) is 0 Å². The topological polar surface area (TPSA) is 68.7 Å². The van der Waals surface area contributed by atoms with Gasteiger partial charge < -0.3 is 9.47 Å². The molecule has 6 heteroatoms. The Hall–Kier alpha value is -1.95. The first-order valence-electron chi connectivity index (χ1n) is 8.50. The van der Waals surface area contributed by atoms with Gasteiger partial charge in [-0.3, -0.25) is 19.5 Å². The molecule has 1 aromatic heterocycles. The van der Waals surface area contributed by atoms with Gasteiger partial charge in [0.25, 0.3) is 0 Å². The van der Waals surface area contributed by atoms with E-state index < -0.39 is 5.54 Å². The minimum atomic E-state index is -0.470. The van der Waals surface area contributed by atoms with Crippen molar-refractivity contribution in [3.8, 4) is 0 Å². The Balaban J connectivity index is 2.21. The second-order valence-electron chi connectivity index (χ2n) is 5.99. The molecule has 0 saturated carbocycles. The molecule has 24 heavy (non-hydrogen) atoms. The van der Waals surface area contributed by atoms with E-state index in [1.807, 2.05) is 19.2 Å². The molecule has 0 fully saturated rings. The summed E-state index contributed by atoms with van der Waals surface area (Å²) in [6.07, 6.45) is 3.94. The number of hydrogen-bond acceptors (Lipinski definition) is 6. The number of aryl methyl sites for hydroxylation is 1. The van der Waals surface area contributed by atoms with Crippen LogP contribution >= 0.6 is 0 Å². The van der Waals surface area contributed by atoms with E-state index in [0.29, 0.717) is 26.2 Å². The van der Waals surface area contributed by atoms with Crippen LogP contribution < -0.4 is 0 Å². The van der Waals surface area contributed by atoms with Crippen LogP contribution in [0.25, 0.3) is 0 Å². The summed E-state index contributed by atoms with van der Waals surface area (Å²) in [5, 5.41) is 0. The van der Waals surface area contributed by atoms with E-state index in [-0.39, 0.29) is 18.4 Å². The van der Waals surface area contributed by atoms with Gasteiger partial charge in [-0.2, -0.15) is 0 Å². The highest BCUT2D eigenvalue weighted by Crippen LogP contribution is 2.43. The maximum atomic E-state index is 12.2. The third-order valence-corrected chi connectivity index (χ3v) is 4.60. The number of hydrogen-bond donors (Lipinski definition) is 0. The Morgan fingerprint density at radius 3 is 2.67 bits per heavy atom. The van der Waals surface area contributed by atoms with Gasteiger partial charge in [-0.05, 0) is 45.4 Å². The number of fused-ring (bicyclic) bond motifs is 1. The lowest BCUT2D eigenvalue weighted by atomic mass is 9.87. The van der Waals surface area contributed by atoms with Crippen LogP contribution in [0.1, 0.15) is 44.4 Å². The fourth-order valence-electron chi connectivity index (χ4n) is 3.39. The third-order valence-electron chi connectivity index (χ3n) is 4.60.